The van der Waals surface area contributed by atoms with Crippen LogP contribution in [0.4, 0.5) is 0 Å². The van der Waals surface area contributed by atoms with E-state index >= 15 is 0 Å². The van der Waals surface area contributed by atoms with E-state index in [4.69, 9.17) is 23.2 Å². The molecule has 0 aliphatic rings. The second kappa shape index (κ2) is 8.39. The number of amides is 1. The predicted molar refractivity (Wildman–Crippen MR) is 104 cm³/mol. The molecule has 1 N–H and O–H groups in total. The summed E-state index contributed by atoms with van der Waals surface area (Å²) in [6.45, 7) is 1.82. The average Bonchev–Trinajstić information content (AvgIpc) is 2.58. The molecule has 2 rings (SSSR count). The lowest BCUT2D eigenvalue weighted by Crippen LogP contribution is -2.28. The van der Waals surface area contributed by atoms with Crippen LogP contribution in [0.1, 0.15) is 24.1 Å². The summed E-state index contributed by atoms with van der Waals surface area (Å²) in [5.41, 5.74) is 1.37. The second-order valence-corrected chi connectivity index (χ2v) is 8.99. The Kier molecular flexibility index (Phi) is 6.69. The van der Waals surface area contributed by atoms with Crippen molar-refractivity contribution in [2.24, 2.45) is 0 Å². The van der Waals surface area contributed by atoms with Crippen molar-refractivity contribution in [3.05, 3.63) is 63.6 Å². The second-order valence-electron chi connectivity index (χ2n) is 6.02. The molecule has 0 spiro atoms. The van der Waals surface area contributed by atoms with Gasteiger partial charge in [-0.2, -0.15) is 0 Å². The molecule has 8 heteroatoms. The number of sulfonamides is 1. The number of halogens is 2. The maximum atomic E-state index is 12.3. The van der Waals surface area contributed by atoms with E-state index in [0.717, 1.165) is 9.87 Å². The van der Waals surface area contributed by atoms with E-state index in [1.165, 1.54) is 26.2 Å². The van der Waals surface area contributed by atoms with Crippen LogP contribution in [-0.2, 0) is 21.2 Å². The van der Waals surface area contributed by atoms with Crippen molar-refractivity contribution < 1.29 is 13.2 Å². The largest absolute Gasteiger partial charge is 0.349 e. The number of hydrogen-bond donors (Lipinski definition) is 1. The highest BCUT2D eigenvalue weighted by Gasteiger charge is 2.18. The number of hydrogen-bond acceptors (Lipinski definition) is 3. The standard InChI is InChI=1S/C18H20Cl2N2O3S/c1-12(13-7-9-14(10-8-13)26(24,25)22(2)3)21-18(23)11-15-16(19)5-4-6-17(15)20/h4-10,12H,11H2,1-3H3,(H,21,23). The van der Waals surface area contributed by atoms with E-state index in [9.17, 15) is 13.2 Å². The highest BCUT2D eigenvalue weighted by molar-refractivity contribution is 7.89. The van der Waals surface area contributed by atoms with Crippen molar-refractivity contribution in [1.29, 1.82) is 0 Å². The lowest BCUT2D eigenvalue weighted by Gasteiger charge is -2.16. The SMILES string of the molecule is CC(NC(=O)Cc1c(Cl)cccc1Cl)c1ccc(S(=O)(=O)N(C)C)cc1. The van der Waals surface area contributed by atoms with E-state index in [1.807, 2.05) is 6.92 Å². The first-order chi connectivity index (χ1) is 12.1. The molecule has 0 aromatic heterocycles. The Balaban J connectivity index is 2.08. The summed E-state index contributed by atoms with van der Waals surface area (Å²) in [4.78, 5) is 12.5. The number of nitrogens with one attached hydrogen (secondary N) is 1. The van der Waals surface area contributed by atoms with Crippen molar-refractivity contribution in [2.75, 3.05) is 14.1 Å². The first-order valence-corrected chi connectivity index (χ1v) is 10.1. The minimum atomic E-state index is -3.48. The molecule has 0 aliphatic carbocycles. The van der Waals surface area contributed by atoms with Gasteiger partial charge in [0, 0.05) is 24.1 Å². The summed E-state index contributed by atoms with van der Waals surface area (Å²) in [6, 6.07) is 11.2. The zero-order chi connectivity index (χ0) is 19.5. The van der Waals surface area contributed by atoms with Gasteiger partial charge in [0.2, 0.25) is 15.9 Å². The smallest absolute Gasteiger partial charge is 0.242 e. The monoisotopic (exact) mass is 414 g/mol. The number of benzene rings is 2. The molecule has 1 amide bonds. The number of carbonyl (C=O) groups is 1. The molecule has 1 unspecified atom stereocenters. The highest BCUT2D eigenvalue weighted by Crippen LogP contribution is 2.25. The molecule has 0 aliphatic heterocycles. The van der Waals surface area contributed by atoms with Crippen molar-refractivity contribution >= 4 is 39.1 Å². The summed E-state index contributed by atoms with van der Waals surface area (Å²) in [7, 11) is -0.520. The Bertz CT molecular complexity index is 877. The summed E-state index contributed by atoms with van der Waals surface area (Å²) in [5.74, 6) is -0.225. The lowest BCUT2D eigenvalue weighted by atomic mass is 10.1. The van der Waals surface area contributed by atoms with Crippen molar-refractivity contribution in [2.45, 2.75) is 24.3 Å². The predicted octanol–water partition coefficient (Wildman–Crippen LogP) is 3.66. The van der Waals surface area contributed by atoms with Gasteiger partial charge in [0.25, 0.3) is 0 Å². The molecule has 0 heterocycles. The first-order valence-electron chi connectivity index (χ1n) is 7.87. The fourth-order valence-corrected chi connectivity index (χ4v) is 3.81. The third kappa shape index (κ3) is 4.76. The molecule has 5 nitrogen and oxygen atoms in total. The van der Waals surface area contributed by atoms with Crippen LogP contribution < -0.4 is 5.32 Å². The minimum absolute atomic E-state index is 0.0654. The van der Waals surface area contributed by atoms with E-state index in [2.05, 4.69) is 5.32 Å². The number of rotatable bonds is 6. The molecule has 2 aromatic carbocycles. The van der Waals surface area contributed by atoms with Gasteiger partial charge >= 0.3 is 0 Å². The quantitative estimate of drug-likeness (QED) is 0.783. The maximum absolute atomic E-state index is 12.3. The minimum Gasteiger partial charge on any atom is -0.349 e. The Labute approximate surface area is 164 Å². The van der Waals surface area contributed by atoms with Crippen LogP contribution in [0.2, 0.25) is 10.0 Å². The molecule has 26 heavy (non-hydrogen) atoms. The topological polar surface area (TPSA) is 66.5 Å². The number of nitrogens with zero attached hydrogens (tertiary/aromatic N) is 1. The fraction of sp³-hybridized carbons (Fsp3) is 0.278. The highest BCUT2D eigenvalue weighted by atomic mass is 35.5. The van der Waals surface area contributed by atoms with E-state index < -0.39 is 10.0 Å². The van der Waals surface area contributed by atoms with Crippen LogP contribution in [0.15, 0.2) is 47.4 Å². The van der Waals surface area contributed by atoms with Gasteiger partial charge in [-0.25, -0.2) is 12.7 Å². The van der Waals surface area contributed by atoms with Gasteiger partial charge in [0.1, 0.15) is 0 Å². The fourth-order valence-electron chi connectivity index (χ4n) is 2.38. The molecule has 2 aromatic rings. The average molecular weight is 415 g/mol. The van der Waals surface area contributed by atoms with Gasteiger partial charge in [-0.3, -0.25) is 4.79 Å². The Hall–Kier alpha value is -1.60. The summed E-state index contributed by atoms with van der Waals surface area (Å²) in [5, 5.41) is 3.75. The van der Waals surface area contributed by atoms with Crippen LogP contribution >= 0.6 is 23.2 Å². The summed E-state index contributed by atoms with van der Waals surface area (Å²) in [6.07, 6.45) is 0.0654. The molecule has 1 atom stereocenters. The van der Waals surface area contributed by atoms with Crippen LogP contribution in [0.25, 0.3) is 0 Å². The summed E-state index contributed by atoms with van der Waals surface area (Å²) >= 11 is 12.2. The van der Waals surface area contributed by atoms with Crippen molar-refractivity contribution in [1.82, 2.24) is 9.62 Å². The molecule has 0 radical (unpaired) electrons. The first kappa shape index (κ1) is 20.7. The molecule has 0 fully saturated rings. The molecule has 0 saturated heterocycles. The number of carbonyl (C=O) groups excluding carboxylic acids is 1. The van der Waals surface area contributed by atoms with Crippen LogP contribution in [-0.4, -0.2) is 32.7 Å². The van der Waals surface area contributed by atoms with Crippen LogP contribution in [0.3, 0.4) is 0 Å². The third-order valence-electron chi connectivity index (χ3n) is 3.94. The maximum Gasteiger partial charge on any atom is 0.242 e. The Morgan fingerprint density at radius 3 is 2.12 bits per heavy atom. The molecule has 0 bridgehead atoms. The van der Waals surface area contributed by atoms with Crippen LogP contribution in [0, 0.1) is 0 Å². The zero-order valence-corrected chi connectivity index (χ0v) is 17.0. The van der Waals surface area contributed by atoms with Gasteiger partial charge in [-0.05, 0) is 42.3 Å². The lowest BCUT2D eigenvalue weighted by molar-refractivity contribution is -0.121. The normalized spacial score (nSPS) is 12.8. The van der Waals surface area contributed by atoms with Crippen LogP contribution in [0.5, 0.6) is 0 Å². The van der Waals surface area contributed by atoms with Gasteiger partial charge in [-0.1, -0.05) is 41.4 Å². The Morgan fingerprint density at radius 1 is 1.08 bits per heavy atom. The van der Waals surface area contributed by atoms with Gasteiger partial charge in [-0.15, -0.1) is 0 Å². The Morgan fingerprint density at radius 2 is 1.62 bits per heavy atom. The molecule has 0 saturated carbocycles. The van der Waals surface area contributed by atoms with E-state index in [-0.39, 0.29) is 23.3 Å². The van der Waals surface area contributed by atoms with Gasteiger partial charge in [0.15, 0.2) is 0 Å². The molecule has 140 valence electrons. The van der Waals surface area contributed by atoms with E-state index in [1.54, 1.807) is 30.3 Å². The zero-order valence-electron chi connectivity index (χ0n) is 14.7. The third-order valence-corrected chi connectivity index (χ3v) is 6.47. The van der Waals surface area contributed by atoms with E-state index in [0.29, 0.717) is 15.6 Å². The van der Waals surface area contributed by atoms with Crippen molar-refractivity contribution in [3.8, 4) is 0 Å². The van der Waals surface area contributed by atoms with Gasteiger partial charge < -0.3 is 5.32 Å². The molecular formula is C18H20Cl2N2O3S. The summed E-state index contributed by atoms with van der Waals surface area (Å²) < 4.78 is 25.3. The van der Waals surface area contributed by atoms with Gasteiger partial charge in [0.05, 0.1) is 17.4 Å². The van der Waals surface area contributed by atoms with Crippen molar-refractivity contribution in [3.63, 3.8) is 0 Å². The molecular weight excluding hydrogens is 395 g/mol.